The Balaban J connectivity index is 1.49. The van der Waals surface area contributed by atoms with Crippen molar-refractivity contribution in [1.29, 1.82) is 0 Å². The molecule has 4 aromatic rings. The fourth-order valence-corrected chi connectivity index (χ4v) is 4.51. The molecule has 2 aromatic carbocycles. The van der Waals surface area contributed by atoms with Gasteiger partial charge >= 0.3 is 0 Å². The van der Waals surface area contributed by atoms with Crippen LogP contribution in [0.25, 0.3) is 21.8 Å². The zero-order valence-electron chi connectivity index (χ0n) is 15.4. The van der Waals surface area contributed by atoms with Crippen molar-refractivity contribution in [3.8, 4) is 0 Å². The number of piperidine rings is 1. The number of aromatic amines is 1. The fraction of sp³-hybridized carbons (Fsp3) is 0.273. The number of H-pyrrole nitrogens is 1. The van der Waals surface area contributed by atoms with Gasteiger partial charge in [0.1, 0.15) is 17.8 Å². The molecule has 136 valence electrons. The summed E-state index contributed by atoms with van der Waals surface area (Å²) in [6, 6.07) is 17.4. The molecule has 1 saturated heterocycles. The van der Waals surface area contributed by atoms with Gasteiger partial charge in [-0.15, -0.1) is 0 Å². The van der Waals surface area contributed by atoms with Gasteiger partial charge in [0.15, 0.2) is 0 Å². The van der Waals surface area contributed by atoms with E-state index >= 15 is 0 Å². The highest BCUT2D eigenvalue weighted by Gasteiger charge is 2.36. The van der Waals surface area contributed by atoms with Crippen molar-refractivity contribution < 1.29 is 0 Å². The lowest BCUT2D eigenvalue weighted by atomic mass is 9.79. The van der Waals surface area contributed by atoms with E-state index in [4.69, 9.17) is 0 Å². The van der Waals surface area contributed by atoms with Crippen LogP contribution in [0.2, 0.25) is 0 Å². The van der Waals surface area contributed by atoms with Crippen LogP contribution in [0.1, 0.15) is 18.4 Å². The van der Waals surface area contributed by atoms with Crippen LogP contribution < -0.4 is 10.2 Å². The first-order valence-electron chi connectivity index (χ1n) is 9.51. The Morgan fingerprint density at radius 2 is 1.78 bits per heavy atom. The van der Waals surface area contributed by atoms with Gasteiger partial charge in [-0.2, -0.15) is 0 Å². The predicted molar refractivity (Wildman–Crippen MR) is 110 cm³/mol. The van der Waals surface area contributed by atoms with Crippen molar-refractivity contribution in [3.63, 3.8) is 0 Å². The second-order valence-corrected chi connectivity index (χ2v) is 7.28. The SMILES string of the molecule is CNC1(c2cccc3ccccc23)CCN(c2ncnc3[nH]ccc23)CC1. The standard InChI is InChI=1S/C22H23N5/c1-23-22(19-8-4-6-16-5-2-3-7-17(16)19)10-13-27(14-11-22)21-18-9-12-24-20(18)25-15-26-21/h2-9,12,15,23H,10-11,13-14H2,1H3,(H,24,25,26). The average Bonchev–Trinajstić information content (AvgIpc) is 3.22. The number of benzene rings is 2. The summed E-state index contributed by atoms with van der Waals surface area (Å²) in [7, 11) is 2.09. The summed E-state index contributed by atoms with van der Waals surface area (Å²) >= 11 is 0. The minimum Gasteiger partial charge on any atom is -0.356 e. The number of rotatable bonds is 3. The predicted octanol–water partition coefficient (Wildman–Crippen LogP) is 3.83. The van der Waals surface area contributed by atoms with Crippen LogP contribution in [0.4, 0.5) is 5.82 Å². The van der Waals surface area contributed by atoms with Gasteiger partial charge in [-0.05, 0) is 42.3 Å². The van der Waals surface area contributed by atoms with E-state index in [2.05, 4.69) is 80.7 Å². The molecule has 0 aliphatic carbocycles. The van der Waals surface area contributed by atoms with Gasteiger partial charge in [-0.3, -0.25) is 0 Å². The van der Waals surface area contributed by atoms with E-state index in [-0.39, 0.29) is 5.54 Å². The van der Waals surface area contributed by atoms with Crippen LogP contribution in [-0.2, 0) is 5.54 Å². The maximum Gasteiger partial charge on any atom is 0.142 e. The van der Waals surface area contributed by atoms with E-state index in [1.54, 1.807) is 6.33 Å². The third-order valence-electron chi connectivity index (χ3n) is 6.03. The molecule has 1 aliphatic rings. The molecule has 0 saturated carbocycles. The van der Waals surface area contributed by atoms with E-state index in [1.165, 1.54) is 16.3 Å². The quantitative estimate of drug-likeness (QED) is 0.585. The highest BCUT2D eigenvalue weighted by molar-refractivity contribution is 5.88. The average molecular weight is 357 g/mol. The molecule has 0 bridgehead atoms. The van der Waals surface area contributed by atoms with Crippen molar-refractivity contribution in [2.45, 2.75) is 18.4 Å². The maximum atomic E-state index is 4.57. The molecule has 5 rings (SSSR count). The number of hydrogen-bond donors (Lipinski definition) is 2. The summed E-state index contributed by atoms with van der Waals surface area (Å²) in [5, 5.41) is 7.41. The zero-order chi connectivity index (χ0) is 18.3. The Kier molecular flexibility index (Phi) is 3.83. The highest BCUT2D eigenvalue weighted by Crippen LogP contribution is 2.38. The summed E-state index contributed by atoms with van der Waals surface area (Å²) in [5.74, 6) is 1.03. The molecule has 5 nitrogen and oxygen atoms in total. The first kappa shape index (κ1) is 16.3. The summed E-state index contributed by atoms with van der Waals surface area (Å²) in [6.45, 7) is 1.92. The number of hydrogen-bond acceptors (Lipinski definition) is 4. The van der Waals surface area contributed by atoms with Gasteiger partial charge in [0.25, 0.3) is 0 Å². The van der Waals surface area contributed by atoms with Crippen molar-refractivity contribution >= 4 is 27.6 Å². The summed E-state index contributed by atoms with van der Waals surface area (Å²) < 4.78 is 0. The Morgan fingerprint density at radius 1 is 0.963 bits per heavy atom. The zero-order valence-corrected chi connectivity index (χ0v) is 15.4. The normalized spacial score (nSPS) is 16.9. The fourth-order valence-electron chi connectivity index (χ4n) is 4.51. The number of anilines is 1. The molecule has 2 N–H and O–H groups in total. The largest absolute Gasteiger partial charge is 0.356 e. The first-order valence-corrected chi connectivity index (χ1v) is 9.51. The second kappa shape index (κ2) is 6.35. The molecule has 2 aromatic heterocycles. The lowest BCUT2D eigenvalue weighted by Crippen LogP contribution is -2.50. The molecule has 0 atom stereocenters. The van der Waals surface area contributed by atoms with Gasteiger partial charge in [0.05, 0.1) is 5.39 Å². The molecular weight excluding hydrogens is 334 g/mol. The van der Waals surface area contributed by atoms with Gasteiger partial charge in [-0.1, -0.05) is 42.5 Å². The van der Waals surface area contributed by atoms with E-state index in [0.29, 0.717) is 0 Å². The number of nitrogens with one attached hydrogen (secondary N) is 2. The van der Waals surface area contributed by atoms with Crippen LogP contribution in [0.3, 0.4) is 0 Å². The third kappa shape index (κ3) is 2.58. The highest BCUT2D eigenvalue weighted by atomic mass is 15.2. The van der Waals surface area contributed by atoms with Crippen LogP contribution in [0.5, 0.6) is 0 Å². The molecule has 1 aliphatic heterocycles. The molecule has 0 spiro atoms. The summed E-state index contributed by atoms with van der Waals surface area (Å²) in [5.41, 5.74) is 2.29. The first-order chi connectivity index (χ1) is 13.3. The topological polar surface area (TPSA) is 56.8 Å². The van der Waals surface area contributed by atoms with Gasteiger partial charge < -0.3 is 15.2 Å². The van der Waals surface area contributed by atoms with E-state index in [9.17, 15) is 0 Å². The van der Waals surface area contributed by atoms with Crippen LogP contribution >= 0.6 is 0 Å². The van der Waals surface area contributed by atoms with E-state index < -0.39 is 0 Å². The lowest BCUT2D eigenvalue weighted by Gasteiger charge is -2.43. The third-order valence-corrected chi connectivity index (χ3v) is 6.03. The van der Waals surface area contributed by atoms with E-state index in [0.717, 1.165) is 42.8 Å². The Bertz CT molecular complexity index is 1090. The second-order valence-electron chi connectivity index (χ2n) is 7.28. The summed E-state index contributed by atoms with van der Waals surface area (Å²) in [4.78, 5) is 14.5. The van der Waals surface area contributed by atoms with Crippen LogP contribution in [0, 0.1) is 0 Å². The number of fused-ring (bicyclic) bond motifs is 2. The van der Waals surface area contributed by atoms with Crippen molar-refractivity contribution in [1.82, 2.24) is 20.3 Å². The minimum absolute atomic E-state index is 0.0122. The Labute approximate surface area is 158 Å². The van der Waals surface area contributed by atoms with Crippen LogP contribution in [-0.4, -0.2) is 35.1 Å². The molecule has 3 heterocycles. The molecule has 0 unspecified atom stereocenters. The van der Waals surface area contributed by atoms with Gasteiger partial charge in [0.2, 0.25) is 0 Å². The van der Waals surface area contributed by atoms with Crippen molar-refractivity contribution in [2.24, 2.45) is 0 Å². The van der Waals surface area contributed by atoms with Crippen molar-refractivity contribution in [2.75, 3.05) is 25.0 Å². The molecule has 27 heavy (non-hydrogen) atoms. The van der Waals surface area contributed by atoms with Crippen LogP contribution in [0.15, 0.2) is 61.1 Å². The molecule has 0 radical (unpaired) electrons. The Morgan fingerprint density at radius 3 is 2.63 bits per heavy atom. The number of nitrogens with zero attached hydrogens (tertiary/aromatic N) is 3. The number of aromatic nitrogens is 3. The Hall–Kier alpha value is -2.92. The molecular formula is C22H23N5. The minimum atomic E-state index is -0.0122. The summed E-state index contributed by atoms with van der Waals surface area (Å²) in [6.07, 6.45) is 5.65. The molecule has 5 heteroatoms. The monoisotopic (exact) mass is 357 g/mol. The lowest BCUT2D eigenvalue weighted by molar-refractivity contribution is 0.284. The van der Waals surface area contributed by atoms with Crippen molar-refractivity contribution in [3.05, 3.63) is 66.6 Å². The van der Waals surface area contributed by atoms with E-state index in [1.807, 2.05) is 6.20 Å². The molecule has 1 fully saturated rings. The maximum absolute atomic E-state index is 4.57. The molecule has 0 amide bonds. The van der Waals surface area contributed by atoms with Gasteiger partial charge in [0, 0.05) is 24.8 Å². The smallest absolute Gasteiger partial charge is 0.142 e. The van der Waals surface area contributed by atoms with Gasteiger partial charge in [-0.25, -0.2) is 9.97 Å².